The van der Waals surface area contributed by atoms with E-state index in [1.807, 2.05) is 6.07 Å². The monoisotopic (exact) mass is 310 g/mol. The summed E-state index contributed by atoms with van der Waals surface area (Å²) < 4.78 is 23.4. The number of halogens is 1. The fraction of sp³-hybridized carbons (Fsp3) is 0.0714. The predicted molar refractivity (Wildman–Crippen MR) is 76.3 cm³/mol. The Labute approximate surface area is 121 Å². The van der Waals surface area contributed by atoms with Gasteiger partial charge in [-0.15, -0.1) is 0 Å². The van der Waals surface area contributed by atoms with Gasteiger partial charge < -0.3 is 5.11 Å². The van der Waals surface area contributed by atoms with Gasteiger partial charge in [-0.05, 0) is 17.2 Å². The second kappa shape index (κ2) is 5.64. The van der Waals surface area contributed by atoms with Gasteiger partial charge in [0.25, 0.3) is 9.05 Å². The van der Waals surface area contributed by atoms with Crippen LogP contribution in [0, 0.1) is 0 Å². The quantitative estimate of drug-likeness (QED) is 0.881. The second-order valence-electron chi connectivity index (χ2n) is 4.20. The molecule has 0 unspecified atom stereocenters. The lowest BCUT2D eigenvalue weighted by molar-refractivity contribution is -0.136. The van der Waals surface area contributed by atoms with Crippen molar-refractivity contribution in [3.63, 3.8) is 0 Å². The van der Waals surface area contributed by atoms with Crippen LogP contribution in [-0.2, 0) is 20.3 Å². The molecule has 2 aromatic carbocycles. The fourth-order valence-corrected chi connectivity index (χ4v) is 3.03. The van der Waals surface area contributed by atoms with Gasteiger partial charge in [-0.3, -0.25) is 4.79 Å². The predicted octanol–water partition coefficient (Wildman–Crippen LogP) is 2.91. The minimum absolute atomic E-state index is 0.0795. The summed E-state index contributed by atoms with van der Waals surface area (Å²) >= 11 is 0. The van der Waals surface area contributed by atoms with Crippen molar-refractivity contribution in [1.29, 1.82) is 0 Å². The summed E-state index contributed by atoms with van der Waals surface area (Å²) in [6.07, 6.45) is -0.255. The van der Waals surface area contributed by atoms with Crippen molar-refractivity contribution in [1.82, 2.24) is 0 Å². The Morgan fingerprint density at radius 1 is 1.10 bits per heavy atom. The standard InChI is InChI=1S/C14H11ClO4S/c15-20(18,19)13-8-10(9-14(16)17)6-7-12(13)11-4-2-1-3-5-11/h1-8H,9H2,(H,16,17). The molecule has 6 heteroatoms. The summed E-state index contributed by atoms with van der Waals surface area (Å²) in [7, 11) is 1.49. The van der Waals surface area contributed by atoms with Crippen LogP contribution in [0.15, 0.2) is 53.4 Å². The van der Waals surface area contributed by atoms with Gasteiger partial charge in [0.1, 0.15) is 0 Å². The molecule has 0 aliphatic rings. The zero-order chi connectivity index (χ0) is 14.8. The van der Waals surface area contributed by atoms with Crippen LogP contribution in [0.5, 0.6) is 0 Å². The molecular formula is C14H11ClO4S. The molecule has 0 spiro atoms. The van der Waals surface area contributed by atoms with Gasteiger partial charge in [-0.1, -0.05) is 42.5 Å². The molecule has 0 aliphatic carbocycles. The number of hydrogen-bond donors (Lipinski definition) is 1. The van der Waals surface area contributed by atoms with Crippen LogP contribution < -0.4 is 0 Å². The first-order valence-electron chi connectivity index (χ1n) is 5.73. The first kappa shape index (κ1) is 14.6. The lowest BCUT2D eigenvalue weighted by atomic mass is 10.0. The maximum Gasteiger partial charge on any atom is 0.307 e. The van der Waals surface area contributed by atoms with E-state index in [9.17, 15) is 13.2 Å². The van der Waals surface area contributed by atoms with Crippen molar-refractivity contribution in [3.8, 4) is 11.1 Å². The molecule has 0 saturated carbocycles. The summed E-state index contributed by atoms with van der Waals surface area (Å²) in [5.41, 5.74) is 1.54. The van der Waals surface area contributed by atoms with E-state index in [-0.39, 0.29) is 11.3 Å². The molecule has 1 N–H and O–H groups in total. The SMILES string of the molecule is O=C(O)Cc1ccc(-c2ccccc2)c(S(=O)(=O)Cl)c1. The van der Waals surface area contributed by atoms with Gasteiger partial charge in [-0.2, -0.15) is 0 Å². The highest BCUT2D eigenvalue weighted by atomic mass is 35.7. The van der Waals surface area contributed by atoms with E-state index in [0.29, 0.717) is 16.7 Å². The van der Waals surface area contributed by atoms with Gasteiger partial charge in [0, 0.05) is 16.2 Å². The number of carboxylic acids is 1. The molecular weight excluding hydrogens is 300 g/mol. The first-order valence-corrected chi connectivity index (χ1v) is 8.03. The first-order chi connectivity index (χ1) is 9.38. The van der Waals surface area contributed by atoms with Crippen molar-refractivity contribution in [2.45, 2.75) is 11.3 Å². The Morgan fingerprint density at radius 2 is 1.75 bits per heavy atom. The molecule has 0 saturated heterocycles. The van der Waals surface area contributed by atoms with Gasteiger partial charge >= 0.3 is 5.97 Å². The van der Waals surface area contributed by atoms with Crippen LogP contribution in [0.25, 0.3) is 11.1 Å². The molecule has 0 fully saturated rings. The van der Waals surface area contributed by atoms with Gasteiger partial charge in [0.05, 0.1) is 11.3 Å². The summed E-state index contributed by atoms with van der Waals surface area (Å²) in [6, 6.07) is 13.4. The Balaban J connectivity index is 2.61. The van der Waals surface area contributed by atoms with E-state index < -0.39 is 15.0 Å². The van der Waals surface area contributed by atoms with Crippen molar-refractivity contribution in [3.05, 3.63) is 54.1 Å². The highest BCUT2D eigenvalue weighted by molar-refractivity contribution is 8.13. The third-order valence-electron chi connectivity index (χ3n) is 2.75. The Hall–Kier alpha value is -1.85. The lowest BCUT2D eigenvalue weighted by Gasteiger charge is -2.09. The number of hydrogen-bond acceptors (Lipinski definition) is 3. The topological polar surface area (TPSA) is 71.4 Å². The van der Waals surface area contributed by atoms with E-state index in [4.69, 9.17) is 15.8 Å². The fourth-order valence-electron chi connectivity index (χ4n) is 1.91. The molecule has 2 aromatic rings. The maximum atomic E-state index is 11.7. The van der Waals surface area contributed by atoms with E-state index in [1.54, 1.807) is 36.4 Å². The minimum atomic E-state index is -3.96. The maximum absolute atomic E-state index is 11.7. The van der Waals surface area contributed by atoms with Crippen LogP contribution in [0.1, 0.15) is 5.56 Å². The lowest BCUT2D eigenvalue weighted by Crippen LogP contribution is -2.02. The summed E-state index contributed by atoms with van der Waals surface area (Å²) in [4.78, 5) is 10.6. The number of rotatable bonds is 4. The molecule has 0 aliphatic heterocycles. The van der Waals surface area contributed by atoms with E-state index in [0.717, 1.165) is 0 Å². The third kappa shape index (κ3) is 3.37. The van der Waals surface area contributed by atoms with Crippen molar-refractivity contribution in [2.75, 3.05) is 0 Å². The van der Waals surface area contributed by atoms with Crippen molar-refractivity contribution >= 4 is 25.7 Å². The summed E-state index contributed by atoms with van der Waals surface area (Å²) in [5, 5.41) is 8.76. The Morgan fingerprint density at radius 3 is 2.30 bits per heavy atom. The molecule has 4 nitrogen and oxygen atoms in total. The van der Waals surface area contributed by atoms with Crippen LogP contribution in [0.4, 0.5) is 0 Å². The third-order valence-corrected chi connectivity index (χ3v) is 4.11. The van der Waals surface area contributed by atoms with Crippen LogP contribution in [0.3, 0.4) is 0 Å². The average molecular weight is 311 g/mol. The van der Waals surface area contributed by atoms with Crippen LogP contribution in [0.2, 0.25) is 0 Å². The summed E-state index contributed by atoms with van der Waals surface area (Å²) in [6.45, 7) is 0. The van der Waals surface area contributed by atoms with Gasteiger partial charge in [-0.25, -0.2) is 8.42 Å². The molecule has 0 atom stereocenters. The smallest absolute Gasteiger partial charge is 0.307 e. The number of carbonyl (C=O) groups is 1. The van der Waals surface area contributed by atoms with Crippen molar-refractivity contribution < 1.29 is 18.3 Å². The highest BCUT2D eigenvalue weighted by Gasteiger charge is 2.18. The van der Waals surface area contributed by atoms with Crippen LogP contribution >= 0.6 is 10.7 Å². The van der Waals surface area contributed by atoms with E-state index >= 15 is 0 Å². The molecule has 0 aromatic heterocycles. The van der Waals surface area contributed by atoms with Crippen molar-refractivity contribution in [2.24, 2.45) is 0 Å². The highest BCUT2D eigenvalue weighted by Crippen LogP contribution is 2.30. The zero-order valence-electron chi connectivity index (χ0n) is 10.3. The molecule has 0 radical (unpaired) electrons. The largest absolute Gasteiger partial charge is 0.481 e. The molecule has 0 amide bonds. The van der Waals surface area contributed by atoms with Gasteiger partial charge in [0.15, 0.2) is 0 Å². The van der Waals surface area contributed by atoms with E-state index in [1.165, 1.54) is 6.07 Å². The normalized spacial score (nSPS) is 11.2. The van der Waals surface area contributed by atoms with Crippen LogP contribution in [-0.4, -0.2) is 19.5 Å². The zero-order valence-corrected chi connectivity index (χ0v) is 11.9. The molecule has 0 heterocycles. The minimum Gasteiger partial charge on any atom is -0.481 e. The molecule has 0 bridgehead atoms. The number of benzene rings is 2. The average Bonchev–Trinajstić information content (AvgIpc) is 2.38. The molecule has 104 valence electrons. The number of aliphatic carboxylic acids is 1. The molecule has 20 heavy (non-hydrogen) atoms. The number of carboxylic acid groups (broad SMARTS) is 1. The Bertz CT molecular complexity index is 739. The Kier molecular flexibility index (Phi) is 4.11. The van der Waals surface area contributed by atoms with Gasteiger partial charge in [0.2, 0.25) is 0 Å². The van der Waals surface area contributed by atoms with E-state index in [2.05, 4.69) is 0 Å². The molecule has 2 rings (SSSR count). The second-order valence-corrected chi connectivity index (χ2v) is 6.74. The summed E-state index contributed by atoms with van der Waals surface area (Å²) in [5.74, 6) is -1.03.